The van der Waals surface area contributed by atoms with Crippen molar-refractivity contribution in [3.8, 4) is 5.88 Å². The number of ether oxygens (including phenoxy) is 1. The van der Waals surface area contributed by atoms with Crippen LogP contribution < -0.4 is 10.1 Å². The zero-order valence-electron chi connectivity index (χ0n) is 14.2. The predicted molar refractivity (Wildman–Crippen MR) is 89.3 cm³/mol. The first-order valence-electron chi connectivity index (χ1n) is 8.82. The summed E-state index contributed by atoms with van der Waals surface area (Å²) in [7, 11) is 0. The van der Waals surface area contributed by atoms with E-state index in [1.807, 2.05) is 24.0 Å². The third-order valence-corrected chi connectivity index (χ3v) is 4.61. The van der Waals surface area contributed by atoms with E-state index in [0.717, 1.165) is 37.8 Å². The number of pyridine rings is 1. The number of piperidine rings is 1. The van der Waals surface area contributed by atoms with E-state index in [0.29, 0.717) is 25.6 Å². The van der Waals surface area contributed by atoms with Gasteiger partial charge in [0.1, 0.15) is 0 Å². The minimum absolute atomic E-state index is 0.00889. The van der Waals surface area contributed by atoms with Gasteiger partial charge in [0.05, 0.1) is 12.5 Å². The quantitative estimate of drug-likeness (QED) is 0.862. The van der Waals surface area contributed by atoms with E-state index in [-0.39, 0.29) is 23.7 Å². The predicted octanol–water partition coefficient (Wildman–Crippen LogP) is 1.75. The average Bonchev–Trinajstić information content (AvgIpc) is 3.45. The molecule has 1 N–H and O–H groups in total. The topological polar surface area (TPSA) is 71.5 Å². The molecule has 1 aliphatic heterocycles. The van der Waals surface area contributed by atoms with Crippen molar-refractivity contribution in [2.75, 3.05) is 19.7 Å². The Labute approximate surface area is 142 Å². The van der Waals surface area contributed by atoms with E-state index in [9.17, 15) is 9.59 Å². The monoisotopic (exact) mass is 331 g/mol. The highest BCUT2D eigenvalue weighted by Gasteiger charge is 2.36. The van der Waals surface area contributed by atoms with E-state index in [4.69, 9.17) is 4.74 Å². The van der Waals surface area contributed by atoms with E-state index in [1.165, 1.54) is 0 Å². The molecule has 2 aliphatic rings. The highest BCUT2D eigenvalue weighted by atomic mass is 16.5. The number of hydrogen-bond donors (Lipinski definition) is 1. The van der Waals surface area contributed by atoms with Gasteiger partial charge in [-0.05, 0) is 38.7 Å². The maximum atomic E-state index is 12.5. The molecule has 1 aromatic heterocycles. The SMILES string of the molecule is CCOc1ncccc1CNC(=O)C1CCCN(C(=O)C2CC2)C1. The van der Waals surface area contributed by atoms with E-state index < -0.39 is 0 Å². The van der Waals surface area contributed by atoms with Crippen LogP contribution >= 0.6 is 0 Å². The number of likely N-dealkylation sites (tertiary alicyclic amines) is 1. The first-order valence-corrected chi connectivity index (χ1v) is 8.82. The molecule has 1 saturated carbocycles. The van der Waals surface area contributed by atoms with Gasteiger partial charge < -0.3 is 15.0 Å². The Morgan fingerprint density at radius 1 is 1.33 bits per heavy atom. The summed E-state index contributed by atoms with van der Waals surface area (Å²) >= 11 is 0. The van der Waals surface area contributed by atoms with Crippen LogP contribution in [0.5, 0.6) is 5.88 Å². The maximum absolute atomic E-state index is 12.5. The molecule has 0 aromatic carbocycles. The van der Waals surface area contributed by atoms with Gasteiger partial charge >= 0.3 is 0 Å². The molecule has 3 rings (SSSR count). The Morgan fingerprint density at radius 3 is 2.92 bits per heavy atom. The average molecular weight is 331 g/mol. The van der Waals surface area contributed by atoms with Crippen LogP contribution in [0.3, 0.4) is 0 Å². The lowest BCUT2D eigenvalue weighted by Crippen LogP contribution is -2.45. The summed E-state index contributed by atoms with van der Waals surface area (Å²) in [5, 5.41) is 2.97. The number of carbonyl (C=O) groups excluding carboxylic acids is 2. The van der Waals surface area contributed by atoms with Crippen molar-refractivity contribution in [2.45, 2.75) is 39.2 Å². The molecule has 2 fully saturated rings. The fourth-order valence-electron chi connectivity index (χ4n) is 3.13. The fraction of sp³-hybridized carbons (Fsp3) is 0.611. The second kappa shape index (κ2) is 7.64. The van der Waals surface area contributed by atoms with Crippen LogP contribution in [0.4, 0.5) is 0 Å². The van der Waals surface area contributed by atoms with Gasteiger partial charge in [0.25, 0.3) is 0 Å². The third kappa shape index (κ3) is 4.04. The molecular formula is C18H25N3O3. The molecule has 1 unspecified atom stereocenters. The minimum Gasteiger partial charge on any atom is -0.478 e. The van der Waals surface area contributed by atoms with Crippen LogP contribution in [0, 0.1) is 11.8 Å². The summed E-state index contributed by atoms with van der Waals surface area (Å²) < 4.78 is 5.48. The lowest BCUT2D eigenvalue weighted by atomic mass is 9.96. The zero-order chi connectivity index (χ0) is 16.9. The molecule has 2 amide bonds. The number of rotatable bonds is 6. The zero-order valence-corrected chi connectivity index (χ0v) is 14.2. The summed E-state index contributed by atoms with van der Waals surface area (Å²) in [5.41, 5.74) is 0.870. The lowest BCUT2D eigenvalue weighted by molar-refractivity contribution is -0.136. The van der Waals surface area contributed by atoms with Gasteiger partial charge in [-0.1, -0.05) is 6.07 Å². The Balaban J connectivity index is 1.54. The van der Waals surface area contributed by atoms with Gasteiger partial charge in [0.2, 0.25) is 17.7 Å². The Bertz CT molecular complexity index is 601. The van der Waals surface area contributed by atoms with Crippen molar-refractivity contribution in [1.29, 1.82) is 0 Å². The van der Waals surface area contributed by atoms with Gasteiger partial charge in [-0.2, -0.15) is 0 Å². The van der Waals surface area contributed by atoms with Crippen LogP contribution in [0.2, 0.25) is 0 Å². The van der Waals surface area contributed by atoms with Gasteiger partial charge in [0.15, 0.2) is 0 Å². The number of amides is 2. The molecule has 0 bridgehead atoms. The standard InChI is InChI=1S/C18H25N3O3/c1-2-24-17-14(5-3-9-19-17)11-20-16(22)15-6-4-10-21(12-15)18(23)13-7-8-13/h3,5,9,13,15H,2,4,6-8,10-12H2,1H3,(H,20,22). The molecule has 6 heteroatoms. The van der Waals surface area contributed by atoms with Crippen LogP contribution in [-0.2, 0) is 16.1 Å². The smallest absolute Gasteiger partial charge is 0.225 e. The Hall–Kier alpha value is -2.11. The summed E-state index contributed by atoms with van der Waals surface area (Å²) in [4.78, 5) is 30.7. The second-order valence-corrected chi connectivity index (χ2v) is 6.52. The Kier molecular flexibility index (Phi) is 5.33. The van der Waals surface area contributed by atoms with Gasteiger partial charge in [-0.15, -0.1) is 0 Å². The molecule has 0 radical (unpaired) electrons. The van der Waals surface area contributed by atoms with Crippen LogP contribution in [0.1, 0.15) is 38.2 Å². The third-order valence-electron chi connectivity index (χ3n) is 4.61. The molecule has 1 saturated heterocycles. The van der Waals surface area contributed by atoms with Crippen molar-refractivity contribution in [3.05, 3.63) is 23.9 Å². The first kappa shape index (κ1) is 16.7. The number of nitrogens with zero attached hydrogens (tertiary/aromatic N) is 2. The van der Waals surface area contributed by atoms with Crippen molar-refractivity contribution in [2.24, 2.45) is 11.8 Å². The first-order chi connectivity index (χ1) is 11.7. The van der Waals surface area contributed by atoms with E-state index in [2.05, 4.69) is 10.3 Å². The van der Waals surface area contributed by atoms with Gasteiger partial charge in [-0.25, -0.2) is 4.98 Å². The fourth-order valence-corrected chi connectivity index (χ4v) is 3.13. The van der Waals surface area contributed by atoms with Crippen molar-refractivity contribution >= 4 is 11.8 Å². The highest BCUT2D eigenvalue weighted by Crippen LogP contribution is 2.32. The summed E-state index contributed by atoms with van der Waals surface area (Å²) in [6.45, 7) is 4.18. The molecule has 6 nitrogen and oxygen atoms in total. The van der Waals surface area contributed by atoms with Crippen LogP contribution in [0.25, 0.3) is 0 Å². The van der Waals surface area contributed by atoms with Crippen LogP contribution in [0.15, 0.2) is 18.3 Å². The molecule has 24 heavy (non-hydrogen) atoms. The molecule has 2 heterocycles. The highest BCUT2D eigenvalue weighted by molar-refractivity contribution is 5.83. The summed E-state index contributed by atoms with van der Waals surface area (Å²) in [6.07, 6.45) is 5.43. The molecule has 1 aromatic rings. The maximum Gasteiger partial charge on any atom is 0.225 e. The van der Waals surface area contributed by atoms with E-state index in [1.54, 1.807) is 6.20 Å². The largest absolute Gasteiger partial charge is 0.478 e. The normalized spacial score (nSPS) is 20.5. The van der Waals surface area contributed by atoms with Gasteiger partial charge in [0, 0.05) is 37.3 Å². The number of carbonyl (C=O) groups is 2. The molecule has 0 spiro atoms. The number of nitrogens with one attached hydrogen (secondary N) is 1. The number of aromatic nitrogens is 1. The molecular weight excluding hydrogens is 306 g/mol. The van der Waals surface area contributed by atoms with Crippen molar-refractivity contribution in [3.63, 3.8) is 0 Å². The summed E-state index contributed by atoms with van der Waals surface area (Å²) in [6, 6.07) is 3.74. The Morgan fingerprint density at radius 2 is 2.17 bits per heavy atom. The lowest BCUT2D eigenvalue weighted by Gasteiger charge is -2.32. The van der Waals surface area contributed by atoms with Crippen LogP contribution in [-0.4, -0.2) is 41.4 Å². The molecule has 1 aliphatic carbocycles. The minimum atomic E-state index is -0.117. The van der Waals surface area contributed by atoms with Crippen molar-refractivity contribution < 1.29 is 14.3 Å². The molecule has 1 atom stereocenters. The van der Waals surface area contributed by atoms with Gasteiger partial charge in [-0.3, -0.25) is 9.59 Å². The molecule has 130 valence electrons. The summed E-state index contributed by atoms with van der Waals surface area (Å²) in [5.74, 6) is 0.909. The second-order valence-electron chi connectivity index (χ2n) is 6.52. The van der Waals surface area contributed by atoms with E-state index >= 15 is 0 Å². The number of hydrogen-bond acceptors (Lipinski definition) is 4. The van der Waals surface area contributed by atoms with Crippen molar-refractivity contribution in [1.82, 2.24) is 15.2 Å².